The lowest BCUT2D eigenvalue weighted by molar-refractivity contribution is 0.537. The van der Waals surface area contributed by atoms with E-state index in [9.17, 15) is 0 Å². The first-order valence-electron chi connectivity index (χ1n) is 6.59. The van der Waals surface area contributed by atoms with Crippen molar-refractivity contribution in [3.05, 3.63) is 29.8 Å². The normalized spacial score (nSPS) is 11.1. The van der Waals surface area contributed by atoms with Crippen molar-refractivity contribution >= 4 is 11.8 Å². The molecule has 0 aliphatic carbocycles. The van der Waals surface area contributed by atoms with Crippen LogP contribution in [-0.4, -0.2) is 18.8 Å². The summed E-state index contributed by atoms with van der Waals surface area (Å²) in [5.41, 5.74) is 1.39. The lowest BCUT2D eigenvalue weighted by atomic mass is 10.1. The van der Waals surface area contributed by atoms with Gasteiger partial charge in [0.2, 0.25) is 0 Å². The lowest BCUT2D eigenvalue weighted by Gasteiger charge is -2.07. The zero-order valence-corrected chi connectivity index (χ0v) is 12.1. The Morgan fingerprint density at radius 1 is 1.18 bits per heavy atom. The molecule has 0 saturated heterocycles. The Morgan fingerprint density at radius 3 is 2.65 bits per heavy atom. The van der Waals surface area contributed by atoms with Crippen molar-refractivity contribution in [2.24, 2.45) is 5.92 Å². The van der Waals surface area contributed by atoms with Gasteiger partial charge in [-0.05, 0) is 56.2 Å². The van der Waals surface area contributed by atoms with Crippen LogP contribution in [0.25, 0.3) is 0 Å². The average Bonchev–Trinajstić information content (AvgIpc) is 2.30. The maximum Gasteiger partial charge on any atom is 0.0101 e. The summed E-state index contributed by atoms with van der Waals surface area (Å²) in [7, 11) is 0. The van der Waals surface area contributed by atoms with Crippen LogP contribution in [0.3, 0.4) is 0 Å². The van der Waals surface area contributed by atoms with Crippen molar-refractivity contribution in [2.75, 3.05) is 18.8 Å². The summed E-state index contributed by atoms with van der Waals surface area (Å²) in [5, 5.41) is 3.50. The minimum Gasteiger partial charge on any atom is -0.317 e. The SMILES string of the molecule is Cc1ccccc1SCCCNCCC(C)C. The van der Waals surface area contributed by atoms with E-state index >= 15 is 0 Å². The van der Waals surface area contributed by atoms with Crippen LogP contribution < -0.4 is 5.32 Å². The van der Waals surface area contributed by atoms with Gasteiger partial charge in [-0.15, -0.1) is 11.8 Å². The smallest absolute Gasteiger partial charge is 0.0101 e. The van der Waals surface area contributed by atoms with Crippen molar-refractivity contribution in [3.8, 4) is 0 Å². The fourth-order valence-corrected chi connectivity index (χ4v) is 2.59. The molecule has 0 spiro atoms. The number of thioether (sulfide) groups is 1. The van der Waals surface area contributed by atoms with Crippen molar-refractivity contribution in [3.63, 3.8) is 0 Å². The molecular weight excluding hydrogens is 226 g/mol. The van der Waals surface area contributed by atoms with Gasteiger partial charge in [0.05, 0.1) is 0 Å². The van der Waals surface area contributed by atoms with Gasteiger partial charge in [0, 0.05) is 4.90 Å². The maximum atomic E-state index is 3.50. The molecule has 0 aliphatic heterocycles. The van der Waals surface area contributed by atoms with Gasteiger partial charge in [-0.25, -0.2) is 0 Å². The van der Waals surface area contributed by atoms with Gasteiger partial charge in [-0.2, -0.15) is 0 Å². The molecule has 0 aromatic heterocycles. The van der Waals surface area contributed by atoms with E-state index in [2.05, 4.69) is 50.4 Å². The third-order valence-electron chi connectivity index (χ3n) is 2.75. The first kappa shape index (κ1) is 14.6. The van der Waals surface area contributed by atoms with Crippen LogP contribution in [0.4, 0.5) is 0 Å². The zero-order chi connectivity index (χ0) is 12.5. The molecular formula is C15H25NS. The van der Waals surface area contributed by atoms with Crippen molar-refractivity contribution in [1.29, 1.82) is 0 Å². The Hall–Kier alpha value is -0.470. The molecule has 2 heteroatoms. The molecule has 17 heavy (non-hydrogen) atoms. The highest BCUT2D eigenvalue weighted by molar-refractivity contribution is 7.99. The molecule has 0 radical (unpaired) electrons. The topological polar surface area (TPSA) is 12.0 Å². The fraction of sp³-hybridized carbons (Fsp3) is 0.600. The second kappa shape index (κ2) is 8.60. The van der Waals surface area contributed by atoms with Crippen LogP contribution in [0.2, 0.25) is 0 Å². The molecule has 0 amide bonds. The summed E-state index contributed by atoms with van der Waals surface area (Å²) >= 11 is 1.97. The van der Waals surface area contributed by atoms with Crippen LogP contribution in [0.15, 0.2) is 29.2 Å². The number of hydrogen-bond acceptors (Lipinski definition) is 2. The summed E-state index contributed by atoms with van der Waals surface area (Å²) in [5.74, 6) is 2.02. The highest BCUT2D eigenvalue weighted by atomic mass is 32.2. The minimum atomic E-state index is 0.809. The summed E-state index contributed by atoms with van der Waals surface area (Å²) < 4.78 is 0. The number of benzene rings is 1. The molecule has 0 saturated carbocycles. The first-order chi connectivity index (χ1) is 8.20. The molecule has 0 bridgehead atoms. The molecule has 1 rings (SSSR count). The quantitative estimate of drug-likeness (QED) is 0.551. The van der Waals surface area contributed by atoms with E-state index < -0.39 is 0 Å². The Morgan fingerprint density at radius 2 is 1.94 bits per heavy atom. The molecule has 0 aliphatic rings. The van der Waals surface area contributed by atoms with Gasteiger partial charge in [0.1, 0.15) is 0 Å². The Kier molecular flexibility index (Phi) is 7.38. The number of rotatable bonds is 8. The molecule has 96 valence electrons. The predicted octanol–water partition coefficient (Wildman–Crippen LogP) is 4.11. The number of aryl methyl sites for hydroxylation is 1. The number of hydrogen-bond donors (Lipinski definition) is 1. The predicted molar refractivity (Wildman–Crippen MR) is 78.8 cm³/mol. The van der Waals surface area contributed by atoms with Crippen LogP contribution >= 0.6 is 11.8 Å². The van der Waals surface area contributed by atoms with Gasteiger partial charge < -0.3 is 5.32 Å². The molecule has 0 heterocycles. The highest BCUT2D eigenvalue weighted by Crippen LogP contribution is 2.21. The maximum absolute atomic E-state index is 3.50. The highest BCUT2D eigenvalue weighted by Gasteiger charge is 1.97. The Balaban J connectivity index is 2.03. The van der Waals surface area contributed by atoms with E-state index in [4.69, 9.17) is 0 Å². The third-order valence-corrected chi connectivity index (χ3v) is 4.01. The van der Waals surface area contributed by atoms with Crippen molar-refractivity contribution < 1.29 is 0 Å². The summed E-state index contributed by atoms with van der Waals surface area (Å²) in [4.78, 5) is 1.43. The lowest BCUT2D eigenvalue weighted by Crippen LogP contribution is -2.18. The van der Waals surface area contributed by atoms with Crippen LogP contribution in [-0.2, 0) is 0 Å². The Bertz CT molecular complexity index is 310. The van der Waals surface area contributed by atoms with Gasteiger partial charge in [0.25, 0.3) is 0 Å². The third kappa shape index (κ3) is 6.75. The average molecular weight is 251 g/mol. The van der Waals surface area contributed by atoms with Gasteiger partial charge in [-0.1, -0.05) is 32.0 Å². The van der Waals surface area contributed by atoms with Crippen LogP contribution in [0.5, 0.6) is 0 Å². The number of nitrogens with one attached hydrogen (secondary N) is 1. The van der Waals surface area contributed by atoms with Crippen LogP contribution in [0, 0.1) is 12.8 Å². The van der Waals surface area contributed by atoms with E-state index in [0.717, 1.165) is 19.0 Å². The van der Waals surface area contributed by atoms with Gasteiger partial charge >= 0.3 is 0 Å². The van der Waals surface area contributed by atoms with E-state index in [1.165, 1.54) is 29.1 Å². The molecule has 0 unspecified atom stereocenters. The Labute approximate surface area is 110 Å². The van der Waals surface area contributed by atoms with Crippen LogP contribution in [0.1, 0.15) is 32.3 Å². The molecule has 0 atom stereocenters. The summed E-state index contributed by atoms with van der Waals surface area (Å²) in [6.45, 7) is 9.03. The zero-order valence-electron chi connectivity index (χ0n) is 11.3. The van der Waals surface area contributed by atoms with Crippen molar-refractivity contribution in [2.45, 2.75) is 38.5 Å². The minimum absolute atomic E-state index is 0.809. The van der Waals surface area contributed by atoms with Crippen molar-refractivity contribution in [1.82, 2.24) is 5.32 Å². The van der Waals surface area contributed by atoms with E-state index in [0.29, 0.717) is 0 Å². The van der Waals surface area contributed by atoms with Gasteiger partial charge in [0.15, 0.2) is 0 Å². The second-order valence-corrected chi connectivity index (χ2v) is 6.04. The first-order valence-corrected chi connectivity index (χ1v) is 7.58. The monoisotopic (exact) mass is 251 g/mol. The fourth-order valence-electron chi connectivity index (χ4n) is 1.61. The molecule has 1 aromatic rings. The standard InChI is InChI=1S/C15H25NS/c1-13(2)9-11-16-10-6-12-17-15-8-5-4-7-14(15)3/h4-5,7-8,13,16H,6,9-12H2,1-3H3. The van der Waals surface area contributed by atoms with E-state index in [-0.39, 0.29) is 0 Å². The van der Waals surface area contributed by atoms with Gasteiger partial charge in [-0.3, -0.25) is 0 Å². The molecule has 1 aromatic carbocycles. The summed E-state index contributed by atoms with van der Waals surface area (Å²) in [6, 6.07) is 8.62. The van der Waals surface area contributed by atoms with E-state index in [1.807, 2.05) is 11.8 Å². The van der Waals surface area contributed by atoms with E-state index in [1.54, 1.807) is 0 Å². The summed E-state index contributed by atoms with van der Waals surface area (Å²) in [6.07, 6.45) is 2.53. The largest absolute Gasteiger partial charge is 0.317 e. The second-order valence-electron chi connectivity index (χ2n) is 4.90. The molecule has 1 nitrogen and oxygen atoms in total. The molecule has 0 fully saturated rings. The molecule has 1 N–H and O–H groups in total.